The third-order valence-electron chi connectivity index (χ3n) is 2.13. The van der Waals surface area contributed by atoms with Gasteiger partial charge in [-0.1, -0.05) is 6.07 Å². The molecule has 0 radical (unpaired) electrons. The lowest BCUT2D eigenvalue weighted by Gasteiger charge is -2.12. The standard InChI is InChI=1S/C10H10O7/c11-6-2-1-4(7(12)9(14)15)3-5(6)8(13)10(16)17/h1-3,7-8,11-13H,(H,14,15)(H,16,17). The molecule has 0 fully saturated rings. The summed E-state index contributed by atoms with van der Waals surface area (Å²) in [4.78, 5) is 21.0. The van der Waals surface area contributed by atoms with Crippen molar-refractivity contribution in [2.24, 2.45) is 0 Å². The third-order valence-corrected chi connectivity index (χ3v) is 2.13. The predicted octanol–water partition coefficient (Wildman–Crippen LogP) is -0.372. The van der Waals surface area contributed by atoms with Crippen LogP contribution in [0.1, 0.15) is 23.3 Å². The fraction of sp³-hybridized carbons (Fsp3) is 0.200. The van der Waals surface area contributed by atoms with Crippen LogP contribution in [0.3, 0.4) is 0 Å². The molecule has 7 nitrogen and oxygen atoms in total. The average Bonchev–Trinajstić information content (AvgIpc) is 2.27. The first-order valence-electron chi connectivity index (χ1n) is 4.49. The maximum Gasteiger partial charge on any atom is 0.337 e. The Morgan fingerprint density at radius 2 is 1.53 bits per heavy atom. The molecule has 0 aliphatic carbocycles. The number of carbonyl (C=O) groups is 2. The molecule has 7 heteroatoms. The van der Waals surface area contributed by atoms with Gasteiger partial charge in [0.25, 0.3) is 0 Å². The van der Waals surface area contributed by atoms with E-state index in [0.29, 0.717) is 0 Å². The number of aliphatic hydroxyl groups is 2. The van der Waals surface area contributed by atoms with Crippen molar-refractivity contribution in [3.05, 3.63) is 29.3 Å². The van der Waals surface area contributed by atoms with E-state index in [1.54, 1.807) is 0 Å². The molecule has 0 bridgehead atoms. The van der Waals surface area contributed by atoms with Crippen LogP contribution in [0.25, 0.3) is 0 Å². The lowest BCUT2D eigenvalue weighted by molar-refractivity contribution is -0.147. The molecule has 0 heterocycles. The van der Waals surface area contributed by atoms with E-state index in [1.807, 2.05) is 0 Å². The van der Waals surface area contributed by atoms with Gasteiger partial charge in [-0.3, -0.25) is 0 Å². The Labute approximate surface area is 95.2 Å². The van der Waals surface area contributed by atoms with Gasteiger partial charge in [0.05, 0.1) is 0 Å². The quantitative estimate of drug-likeness (QED) is 0.486. The normalized spacial score (nSPS) is 14.0. The highest BCUT2D eigenvalue weighted by Crippen LogP contribution is 2.28. The number of benzene rings is 1. The van der Waals surface area contributed by atoms with Gasteiger partial charge in [-0.2, -0.15) is 0 Å². The third kappa shape index (κ3) is 2.71. The van der Waals surface area contributed by atoms with Gasteiger partial charge >= 0.3 is 11.9 Å². The molecule has 0 saturated heterocycles. The Balaban J connectivity index is 3.19. The monoisotopic (exact) mass is 242 g/mol. The van der Waals surface area contributed by atoms with Crippen molar-refractivity contribution in [2.75, 3.05) is 0 Å². The van der Waals surface area contributed by atoms with Gasteiger partial charge in [0, 0.05) is 5.56 Å². The minimum absolute atomic E-state index is 0.134. The van der Waals surface area contributed by atoms with Crippen molar-refractivity contribution in [3.63, 3.8) is 0 Å². The molecule has 2 unspecified atom stereocenters. The Morgan fingerprint density at radius 3 is 2.00 bits per heavy atom. The first-order valence-corrected chi connectivity index (χ1v) is 4.49. The van der Waals surface area contributed by atoms with Crippen molar-refractivity contribution in [2.45, 2.75) is 12.2 Å². The zero-order chi connectivity index (χ0) is 13.2. The second kappa shape index (κ2) is 4.81. The first kappa shape index (κ1) is 12.9. The molecule has 0 spiro atoms. The van der Waals surface area contributed by atoms with E-state index in [-0.39, 0.29) is 11.1 Å². The molecule has 0 aromatic heterocycles. The van der Waals surface area contributed by atoms with Crippen molar-refractivity contribution >= 4 is 11.9 Å². The van der Waals surface area contributed by atoms with Crippen LogP contribution in [0.15, 0.2) is 18.2 Å². The Hall–Kier alpha value is -2.12. The molecule has 0 aliphatic rings. The van der Waals surface area contributed by atoms with E-state index >= 15 is 0 Å². The zero-order valence-corrected chi connectivity index (χ0v) is 8.44. The summed E-state index contributed by atoms with van der Waals surface area (Å²) in [5.41, 5.74) is -0.513. The van der Waals surface area contributed by atoms with E-state index in [0.717, 1.165) is 18.2 Å². The van der Waals surface area contributed by atoms with Crippen molar-refractivity contribution in [3.8, 4) is 5.75 Å². The topological polar surface area (TPSA) is 135 Å². The van der Waals surface area contributed by atoms with Crippen LogP contribution in [-0.4, -0.2) is 37.5 Å². The fourth-order valence-electron chi connectivity index (χ4n) is 1.24. The SMILES string of the molecule is O=C(O)C(O)c1ccc(O)c(C(O)C(=O)O)c1. The van der Waals surface area contributed by atoms with E-state index in [1.165, 1.54) is 0 Å². The second-order valence-corrected chi connectivity index (χ2v) is 3.30. The summed E-state index contributed by atoms with van der Waals surface area (Å²) in [6.07, 6.45) is -3.84. The van der Waals surface area contributed by atoms with Crippen LogP contribution in [0.4, 0.5) is 0 Å². The molecule has 1 rings (SSSR count). The smallest absolute Gasteiger partial charge is 0.337 e. The number of aliphatic hydroxyl groups excluding tert-OH is 2. The maximum atomic E-state index is 10.5. The molecule has 0 amide bonds. The number of aliphatic carboxylic acids is 2. The molecule has 5 N–H and O–H groups in total. The zero-order valence-electron chi connectivity index (χ0n) is 8.44. The van der Waals surface area contributed by atoms with Gasteiger partial charge in [0.1, 0.15) is 5.75 Å². The summed E-state index contributed by atoms with van der Waals surface area (Å²) in [5.74, 6) is -3.62. The van der Waals surface area contributed by atoms with Crippen molar-refractivity contribution in [1.29, 1.82) is 0 Å². The molecule has 0 aliphatic heterocycles. The molecule has 2 atom stereocenters. The summed E-state index contributed by atoms with van der Waals surface area (Å²) in [5, 5.41) is 44.9. The largest absolute Gasteiger partial charge is 0.508 e. The van der Waals surface area contributed by atoms with E-state index < -0.39 is 29.9 Å². The highest BCUT2D eigenvalue weighted by Gasteiger charge is 2.23. The van der Waals surface area contributed by atoms with Crippen LogP contribution in [0, 0.1) is 0 Å². The molecule has 0 saturated carbocycles. The Kier molecular flexibility index (Phi) is 3.66. The highest BCUT2D eigenvalue weighted by molar-refractivity contribution is 5.77. The highest BCUT2D eigenvalue weighted by atomic mass is 16.4. The number of rotatable bonds is 4. The summed E-state index contributed by atoms with van der Waals surface area (Å²) < 4.78 is 0. The van der Waals surface area contributed by atoms with Gasteiger partial charge in [-0.05, 0) is 17.7 Å². The van der Waals surface area contributed by atoms with E-state index in [2.05, 4.69) is 0 Å². The van der Waals surface area contributed by atoms with Crippen molar-refractivity contribution < 1.29 is 35.1 Å². The van der Waals surface area contributed by atoms with Crippen LogP contribution in [0.5, 0.6) is 5.75 Å². The van der Waals surface area contributed by atoms with Gasteiger partial charge in [-0.15, -0.1) is 0 Å². The summed E-state index contributed by atoms with van der Waals surface area (Å²) in [7, 11) is 0. The number of hydrogen-bond donors (Lipinski definition) is 5. The Morgan fingerprint density at radius 1 is 1.00 bits per heavy atom. The van der Waals surface area contributed by atoms with E-state index in [9.17, 15) is 24.9 Å². The molecular weight excluding hydrogens is 232 g/mol. The molecular formula is C10H10O7. The number of hydrogen-bond acceptors (Lipinski definition) is 5. The second-order valence-electron chi connectivity index (χ2n) is 3.30. The van der Waals surface area contributed by atoms with Crippen LogP contribution in [0.2, 0.25) is 0 Å². The maximum absolute atomic E-state index is 10.5. The van der Waals surface area contributed by atoms with Crippen LogP contribution < -0.4 is 0 Å². The van der Waals surface area contributed by atoms with Gasteiger partial charge < -0.3 is 25.5 Å². The Bertz CT molecular complexity index is 454. The number of phenolic OH excluding ortho intramolecular Hbond substituents is 1. The molecule has 1 aromatic carbocycles. The molecule has 92 valence electrons. The number of aromatic hydroxyl groups is 1. The summed E-state index contributed by atoms with van der Waals surface area (Å²) >= 11 is 0. The van der Waals surface area contributed by atoms with E-state index in [4.69, 9.17) is 10.2 Å². The molecule has 17 heavy (non-hydrogen) atoms. The predicted molar refractivity (Wildman–Crippen MR) is 53.3 cm³/mol. The number of carboxylic acids is 2. The fourth-order valence-corrected chi connectivity index (χ4v) is 1.24. The number of carboxylic acid groups (broad SMARTS) is 2. The van der Waals surface area contributed by atoms with Gasteiger partial charge in [0.15, 0.2) is 12.2 Å². The summed E-state index contributed by atoms with van der Waals surface area (Å²) in [6.45, 7) is 0. The van der Waals surface area contributed by atoms with Crippen LogP contribution >= 0.6 is 0 Å². The van der Waals surface area contributed by atoms with Gasteiger partial charge in [-0.25, -0.2) is 9.59 Å². The summed E-state index contributed by atoms with van der Waals surface area (Å²) in [6, 6.07) is 3.04. The first-order chi connectivity index (χ1) is 7.84. The lowest BCUT2D eigenvalue weighted by Crippen LogP contribution is -2.14. The average molecular weight is 242 g/mol. The van der Waals surface area contributed by atoms with Crippen LogP contribution in [-0.2, 0) is 9.59 Å². The van der Waals surface area contributed by atoms with Crippen molar-refractivity contribution in [1.82, 2.24) is 0 Å². The number of phenols is 1. The molecule has 1 aromatic rings. The minimum atomic E-state index is -1.99. The lowest BCUT2D eigenvalue weighted by atomic mass is 10.0. The van der Waals surface area contributed by atoms with Gasteiger partial charge in [0.2, 0.25) is 0 Å². The minimum Gasteiger partial charge on any atom is -0.508 e.